The summed E-state index contributed by atoms with van der Waals surface area (Å²) in [6.45, 7) is 5.80. The molecule has 0 bridgehead atoms. The summed E-state index contributed by atoms with van der Waals surface area (Å²) in [5.74, 6) is 1.43. The number of nitrogens with one attached hydrogen (secondary N) is 2. The summed E-state index contributed by atoms with van der Waals surface area (Å²) in [6.07, 6.45) is 5.03. The molecule has 112 valence electrons. The Morgan fingerprint density at radius 2 is 2.27 bits per heavy atom. The number of aromatic nitrogens is 4. The van der Waals surface area contributed by atoms with Crippen LogP contribution in [0.5, 0.6) is 5.75 Å². The third kappa shape index (κ3) is 2.63. The van der Waals surface area contributed by atoms with Crippen LogP contribution in [0.3, 0.4) is 0 Å². The smallest absolute Gasteiger partial charge is 0.181 e. The molecule has 0 aliphatic heterocycles. The summed E-state index contributed by atoms with van der Waals surface area (Å²) >= 11 is 0. The highest BCUT2D eigenvalue weighted by Gasteiger charge is 2.12. The molecule has 1 unspecified atom stereocenters. The second kappa shape index (κ2) is 5.85. The van der Waals surface area contributed by atoms with Crippen LogP contribution in [0.4, 0.5) is 5.69 Å². The Balaban J connectivity index is 2.00. The van der Waals surface area contributed by atoms with Crippen molar-refractivity contribution in [2.24, 2.45) is 0 Å². The topological polar surface area (TPSA) is 75.7 Å². The van der Waals surface area contributed by atoms with E-state index in [1.54, 1.807) is 13.3 Å². The number of benzene rings is 1. The van der Waals surface area contributed by atoms with E-state index in [2.05, 4.69) is 31.8 Å². The van der Waals surface area contributed by atoms with Crippen molar-refractivity contribution >= 4 is 16.9 Å². The SMILES string of the molecule is C=CC(C)Nc1ccc(-c2nc3ncncc3[nH]2)c(OC)c1. The lowest BCUT2D eigenvalue weighted by Gasteiger charge is -2.13. The minimum atomic E-state index is 0.178. The van der Waals surface area contributed by atoms with Gasteiger partial charge in [-0.2, -0.15) is 0 Å². The first-order valence-electron chi connectivity index (χ1n) is 6.94. The van der Waals surface area contributed by atoms with Crippen LogP contribution in [-0.2, 0) is 0 Å². The van der Waals surface area contributed by atoms with Gasteiger partial charge in [-0.15, -0.1) is 6.58 Å². The van der Waals surface area contributed by atoms with Gasteiger partial charge in [0.05, 0.1) is 18.9 Å². The highest BCUT2D eigenvalue weighted by atomic mass is 16.5. The average molecular weight is 295 g/mol. The maximum absolute atomic E-state index is 5.49. The number of hydrogen-bond acceptors (Lipinski definition) is 5. The molecule has 0 radical (unpaired) electrons. The molecule has 0 saturated carbocycles. The van der Waals surface area contributed by atoms with Crippen LogP contribution < -0.4 is 10.1 Å². The second-order valence-electron chi connectivity index (χ2n) is 4.93. The lowest BCUT2D eigenvalue weighted by molar-refractivity contribution is 0.416. The van der Waals surface area contributed by atoms with Crippen molar-refractivity contribution in [3.63, 3.8) is 0 Å². The number of nitrogens with zero attached hydrogens (tertiary/aromatic N) is 3. The molecule has 2 heterocycles. The zero-order valence-electron chi connectivity index (χ0n) is 12.5. The van der Waals surface area contributed by atoms with Crippen molar-refractivity contribution in [3.05, 3.63) is 43.4 Å². The van der Waals surface area contributed by atoms with E-state index in [0.717, 1.165) is 22.5 Å². The number of fused-ring (bicyclic) bond motifs is 1. The quantitative estimate of drug-likeness (QED) is 0.708. The first kappa shape index (κ1) is 14.1. The number of rotatable bonds is 5. The van der Waals surface area contributed by atoms with Crippen LogP contribution in [0.25, 0.3) is 22.6 Å². The summed E-state index contributed by atoms with van der Waals surface area (Å²) in [5, 5.41) is 3.32. The van der Waals surface area contributed by atoms with Crippen LogP contribution in [0.1, 0.15) is 6.92 Å². The Labute approximate surface area is 128 Å². The van der Waals surface area contributed by atoms with Gasteiger partial charge in [-0.25, -0.2) is 15.0 Å². The molecule has 0 saturated heterocycles. The largest absolute Gasteiger partial charge is 0.496 e. The molecule has 0 aliphatic carbocycles. The predicted octanol–water partition coefficient (Wildman–Crippen LogP) is 3.01. The molecule has 2 N–H and O–H groups in total. The van der Waals surface area contributed by atoms with Crippen molar-refractivity contribution in [2.75, 3.05) is 12.4 Å². The van der Waals surface area contributed by atoms with Crippen molar-refractivity contribution in [2.45, 2.75) is 13.0 Å². The lowest BCUT2D eigenvalue weighted by atomic mass is 10.1. The second-order valence-corrected chi connectivity index (χ2v) is 4.93. The maximum atomic E-state index is 5.49. The van der Waals surface area contributed by atoms with Crippen LogP contribution in [-0.4, -0.2) is 33.1 Å². The molecule has 2 aromatic heterocycles. The Kier molecular flexibility index (Phi) is 3.74. The fraction of sp³-hybridized carbons (Fsp3) is 0.188. The van der Waals surface area contributed by atoms with Crippen molar-refractivity contribution in [3.8, 4) is 17.1 Å². The summed E-state index contributed by atoms with van der Waals surface area (Å²) in [5.41, 5.74) is 3.26. The summed E-state index contributed by atoms with van der Waals surface area (Å²) < 4.78 is 5.49. The van der Waals surface area contributed by atoms with E-state index in [1.165, 1.54) is 6.33 Å². The van der Waals surface area contributed by atoms with Gasteiger partial charge in [0.2, 0.25) is 0 Å². The molecule has 6 heteroatoms. The number of imidazole rings is 1. The van der Waals surface area contributed by atoms with Crippen LogP contribution in [0, 0.1) is 0 Å². The van der Waals surface area contributed by atoms with Crippen molar-refractivity contribution < 1.29 is 4.74 Å². The monoisotopic (exact) mass is 295 g/mol. The third-order valence-electron chi connectivity index (χ3n) is 3.37. The molecule has 0 fully saturated rings. The zero-order valence-corrected chi connectivity index (χ0v) is 12.5. The van der Waals surface area contributed by atoms with Gasteiger partial charge < -0.3 is 15.0 Å². The number of H-pyrrole nitrogens is 1. The third-order valence-corrected chi connectivity index (χ3v) is 3.37. The zero-order chi connectivity index (χ0) is 15.5. The fourth-order valence-corrected chi connectivity index (χ4v) is 2.19. The maximum Gasteiger partial charge on any atom is 0.181 e. The number of hydrogen-bond donors (Lipinski definition) is 2. The summed E-state index contributed by atoms with van der Waals surface area (Å²) in [4.78, 5) is 15.8. The van der Waals surface area contributed by atoms with E-state index in [9.17, 15) is 0 Å². The molecular formula is C16H17N5O. The molecule has 1 atom stereocenters. The molecule has 0 amide bonds. The van der Waals surface area contributed by atoms with E-state index in [1.807, 2.05) is 31.2 Å². The molecule has 0 aliphatic rings. The predicted molar refractivity (Wildman–Crippen MR) is 87.0 cm³/mol. The highest BCUT2D eigenvalue weighted by Crippen LogP contribution is 2.31. The standard InChI is InChI=1S/C16H17N5O/c1-4-10(2)19-11-5-6-12(14(7-11)22-3)15-20-13-8-17-9-18-16(13)21-15/h4-10,19H,1H2,2-3H3,(H,17,18,20,21). The minimum absolute atomic E-state index is 0.178. The highest BCUT2D eigenvalue weighted by molar-refractivity contribution is 5.78. The lowest BCUT2D eigenvalue weighted by Crippen LogP contribution is -2.11. The number of methoxy groups -OCH3 is 1. The summed E-state index contributed by atoms with van der Waals surface area (Å²) in [6, 6.07) is 6.06. The molecular weight excluding hydrogens is 278 g/mol. The number of ether oxygens (including phenoxy) is 1. The molecule has 3 rings (SSSR count). The first-order valence-corrected chi connectivity index (χ1v) is 6.94. The van der Waals surface area contributed by atoms with Gasteiger partial charge in [0.1, 0.15) is 23.4 Å². The molecule has 1 aromatic carbocycles. The van der Waals surface area contributed by atoms with Gasteiger partial charge >= 0.3 is 0 Å². The number of aromatic amines is 1. The van der Waals surface area contributed by atoms with E-state index >= 15 is 0 Å². The van der Waals surface area contributed by atoms with E-state index in [4.69, 9.17) is 4.74 Å². The van der Waals surface area contributed by atoms with Gasteiger partial charge in [0, 0.05) is 17.8 Å². The first-order chi connectivity index (χ1) is 10.7. The van der Waals surface area contributed by atoms with Crippen LogP contribution in [0.2, 0.25) is 0 Å². The van der Waals surface area contributed by atoms with E-state index < -0.39 is 0 Å². The van der Waals surface area contributed by atoms with Crippen molar-refractivity contribution in [1.82, 2.24) is 19.9 Å². The Morgan fingerprint density at radius 1 is 1.41 bits per heavy atom. The van der Waals surface area contributed by atoms with Crippen LogP contribution >= 0.6 is 0 Å². The molecule has 22 heavy (non-hydrogen) atoms. The minimum Gasteiger partial charge on any atom is -0.496 e. The van der Waals surface area contributed by atoms with Gasteiger partial charge in [-0.1, -0.05) is 6.08 Å². The Hall–Kier alpha value is -2.89. The Morgan fingerprint density at radius 3 is 3.00 bits per heavy atom. The average Bonchev–Trinajstić information content (AvgIpc) is 2.98. The molecule has 3 aromatic rings. The van der Waals surface area contributed by atoms with Gasteiger partial charge in [0.15, 0.2) is 5.65 Å². The fourth-order valence-electron chi connectivity index (χ4n) is 2.19. The van der Waals surface area contributed by atoms with Crippen molar-refractivity contribution in [1.29, 1.82) is 0 Å². The van der Waals surface area contributed by atoms with Crippen LogP contribution in [0.15, 0.2) is 43.4 Å². The van der Waals surface area contributed by atoms with Gasteiger partial charge in [0.25, 0.3) is 0 Å². The van der Waals surface area contributed by atoms with E-state index in [-0.39, 0.29) is 6.04 Å². The summed E-state index contributed by atoms with van der Waals surface area (Å²) in [7, 11) is 1.64. The Bertz CT molecular complexity index is 778. The molecule has 0 spiro atoms. The number of anilines is 1. The molecule has 6 nitrogen and oxygen atoms in total. The van der Waals surface area contributed by atoms with Gasteiger partial charge in [-0.3, -0.25) is 0 Å². The normalized spacial score (nSPS) is 12.1. The van der Waals surface area contributed by atoms with E-state index in [0.29, 0.717) is 11.5 Å². The van der Waals surface area contributed by atoms with Gasteiger partial charge in [-0.05, 0) is 19.1 Å².